The first kappa shape index (κ1) is 13.7. The van der Waals surface area contributed by atoms with Crippen LogP contribution in [0.4, 0.5) is 0 Å². The van der Waals surface area contributed by atoms with Crippen LogP contribution in [0, 0.1) is 5.92 Å². The molecule has 2 heteroatoms. The minimum absolute atomic E-state index is 0.941. The number of quaternary nitrogens is 2. The molecule has 2 atom stereocenters. The fraction of sp³-hybridized carbons (Fsp3) is 0.857. The second kappa shape index (κ2) is 7.86. The Balaban J connectivity index is 2.14. The third-order valence-electron chi connectivity index (χ3n) is 3.92. The lowest BCUT2D eigenvalue weighted by molar-refractivity contribution is -0.948. The fourth-order valence-electron chi connectivity index (χ4n) is 2.63. The zero-order chi connectivity index (χ0) is 11.8. The molecule has 0 radical (unpaired) electrons. The van der Waals surface area contributed by atoms with Crippen LogP contribution in [-0.2, 0) is 0 Å². The van der Waals surface area contributed by atoms with Crippen molar-refractivity contribution in [2.75, 3.05) is 39.8 Å². The molecular weight excluding hydrogens is 196 g/mol. The topological polar surface area (TPSA) is 8.88 Å². The van der Waals surface area contributed by atoms with Crippen LogP contribution >= 0.6 is 0 Å². The number of allylic oxidation sites excluding steroid dienone is 2. The molecule has 94 valence electrons. The maximum atomic E-state index is 2.37. The van der Waals surface area contributed by atoms with E-state index in [1.54, 1.807) is 9.80 Å². The minimum atomic E-state index is 0.941. The van der Waals surface area contributed by atoms with Crippen molar-refractivity contribution >= 4 is 0 Å². The lowest BCUT2D eigenvalue weighted by Gasteiger charge is -2.23. The van der Waals surface area contributed by atoms with Crippen molar-refractivity contribution in [2.24, 2.45) is 5.92 Å². The van der Waals surface area contributed by atoms with Gasteiger partial charge < -0.3 is 9.80 Å². The van der Waals surface area contributed by atoms with Crippen molar-refractivity contribution in [2.45, 2.75) is 33.1 Å². The third kappa shape index (κ3) is 5.13. The van der Waals surface area contributed by atoms with Crippen LogP contribution in [0.15, 0.2) is 12.2 Å². The molecule has 2 nitrogen and oxygen atoms in total. The zero-order valence-electron chi connectivity index (χ0n) is 11.4. The van der Waals surface area contributed by atoms with Crippen LogP contribution in [0.25, 0.3) is 0 Å². The Labute approximate surface area is 101 Å². The molecule has 0 aromatic rings. The van der Waals surface area contributed by atoms with E-state index in [2.05, 4.69) is 33.0 Å². The summed E-state index contributed by atoms with van der Waals surface area (Å²) in [5.41, 5.74) is 0. The molecule has 0 heterocycles. The summed E-state index contributed by atoms with van der Waals surface area (Å²) in [7, 11) is 2.36. The molecule has 0 aromatic heterocycles. The third-order valence-corrected chi connectivity index (χ3v) is 3.92. The highest BCUT2D eigenvalue weighted by Crippen LogP contribution is 2.15. The Morgan fingerprint density at radius 2 is 1.88 bits per heavy atom. The summed E-state index contributed by atoms with van der Waals surface area (Å²) >= 11 is 0. The second-order valence-electron chi connectivity index (χ2n) is 5.27. The van der Waals surface area contributed by atoms with Crippen LogP contribution in [0.1, 0.15) is 33.1 Å². The predicted molar refractivity (Wildman–Crippen MR) is 70.0 cm³/mol. The van der Waals surface area contributed by atoms with Gasteiger partial charge in [0, 0.05) is 5.92 Å². The minimum Gasteiger partial charge on any atom is -0.332 e. The zero-order valence-corrected chi connectivity index (χ0v) is 11.4. The van der Waals surface area contributed by atoms with E-state index in [0.717, 1.165) is 5.92 Å². The Kier molecular flexibility index (Phi) is 6.74. The van der Waals surface area contributed by atoms with Crippen LogP contribution in [0.3, 0.4) is 0 Å². The summed E-state index contributed by atoms with van der Waals surface area (Å²) in [5, 5.41) is 0. The van der Waals surface area contributed by atoms with E-state index in [-0.39, 0.29) is 0 Å². The first-order valence-corrected chi connectivity index (χ1v) is 7.06. The highest BCUT2D eigenvalue weighted by molar-refractivity contribution is 4.89. The van der Waals surface area contributed by atoms with Crippen LogP contribution in [0.2, 0.25) is 0 Å². The summed E-state index contributed by atoms with van der Waals surface area (Å²) in [6, 6.07) is 0. The fourth-order valence-corrected chi connectivity index (χ4v) is 2.63. The second-order valence-corrected chi connectivity index (χ2v) is 5.27. The molecule has 0 bridgehead atoms. The van der Waals surface area contributed by atoms with Crippen molar-refractivity contribution in [1.82, 2.24) is 0 Å². The van der Waals surface area contributed by atoms with Gasteiger partial charge in [-0.15, -0.1) is 0 Å². The largest absolute Gasteiger partial charge is 0.332 e. The number of nitrogens with one attached hydrogen (secondary N) is 2. The highest BCUT2D eigenvalue weighted by Gasteiger charge is 2.16. The average Bonchev–Trinajstić information content (AvgIpc) is 2.31. The van der Waals surface area contributed by atoms with Crippen molar-refractivity contribution in [1.29, 1.82) is 0 Å². The molecule has 1 rings (SSSR count). The average molecular weight is 226 g/mol. The van der Waals surface area contributed by atoms with Gasteiger partial charge in [0.15, 0.2) is 0 Å². The number of rotatable bonds is 7. The SMILES string of the molecule is CC[NH+](CC)CC[NH+](C)C[C@@H]1CC=CCC1. The maximum absolute atomic E-state index is 2.37. The number of hydrogen-bond donors (Lipinski definition) is 2. The standard InChI is InChI=1S/C14H28N2/c1-4-16(5-2)12-11-15(3)13-14-9-7-6-8-10-14/h6-7,14H,4-5,8-13H2,1-3H3/p+2/t14-/m1/s1. The molecule has 0 spiro atoms. The molecular formula is C14H30N2+2. The van der Waals surface area contributed by atoms with Gasteiger partial charge >= 0.3 is 0 Å². The molecule has 0 saturated heterocycles. The van der Waals surface area contributed by atoms with E-state index >= 15 is 0 Å². The highest BCUT2D eigenvalue weighted by atomic mass is 15.2. The van der Waals surface area contributed by atoms with Crippen molar-refractivity contribution in [3.8, 4) is 0 Å². The Morgan fingerprint density at radius 1 is 1.12 bits per heavy atom. The summed E-state index contributed by atoms with van der Waals surface area (Å²) in [6.07, 6.45) is 8.74. The molecule has 1 unspecified atom stereocenters. The van der Waals surface area contributed by atoms with Crippen LogP contribution in [0.5, 0.6) is 0 Å². The van der Waals surface area contributed by atoms with Gasteiger partial charge in [0.1, 0.15) is 13.1 Å². The molecule has 0 aromatic carbocycles. The van der Waals surface area contributed by atoms with E-state index in [1.165, 1.54) is 52.0 Å². The van der Waals surface area contributed by atoms with Gasteiger partial charge in [-0.2, -0.15) is 0 Å². The Morgan fingerprint density at radius 3 is 2.44 bits per heavy atom. The van der Waals surface area contributed by atoms with Gasteiger partial charge in [0.2, 0.25) is 0 Å². The van der Waals surface area contributed by atoms with Gasteiger partial charge in [-0.25, -0.2) is 0 Å². The van der Waals surface area contributed by atoms with Gasteiger partial charge in [-0.1, -0.05) is 12.2 Å². The van der Waals surface area contributed by atoms with Crippen molar-refractivity contribution < 1.29 is 9.80 Å². The first-order chi connectivity index (χ1) is 7.76. The lowest BCUT2D eigenvalue weighted by Crippen LogP contribution is -3.19. The summed E-state index contributed by atoms with van der Waals surface area (Å²) in [4.78, 5) is 3.46. The maximum Gasteiger partial charge on any atom is 0.127 e. The van der Waals surface area contributed by atoms with Gasteiger partial charge in [0.05, 0.1) is 26.7 Å². The summed E-state index contributed by atoms with van der Waals surface area (Å²) in [5.74, 6) is 0.941. The van der Waals surface area contributed by atoms with Gasteiger partial charge in [-0.3, -0.25) is 0 Å². The summed E-state index contributed by atoms with van der Waals surface area (Å²) in [6.45, 7) is 11.2. The van der Waals surface area contributed by atoms with E-state index < -0.39 is 0 Å². The van der Waals surface area contributed by atoms with E-state index in [9.17, 15) is 0 Å². The van der Waals surface area contributed by atoms with Crippen LogP contribution < -0.4 is 9.80 Å². The van der Waals surface area contributed by atoms with Crippen molar-refractivity contribution in [3.63, 3.8) is 0 Å². The number of likely N-dealkylation sites (N-methyl/N-ethyl adjacent to an activating group) is 2. The monoisotopic (exact) mass is 226 g/mol. The Hall–Kier alpha value is -0.340. The van der Waals surface area contributed by atoms with E-state index in [4.69, 9.17) is 0 Å². The lowest BCUT2D eigenvalue weighted by atomic mass is 9.94. The Bertz CT molecular complexity index is 197. The normalized spacial score (nSPS) is 22.6. The van der Waals surface area contributed by atoms with Gasteiger partial charge in [0.25, 0.3) is 0 Å². The smallest absolute Gasteiger partial charge is 0.127 e. The molecule has 0 aliphatic heterocycles. The molecule has 2 N–H and O–H groups in total. The molecule has 1 aliphatic rings. The van der Waals surface area contributed by atoms with Crippen LogP contribution in [-0.4, -0.2) is 39.8 Å². The molecule has 16 heavy (non-hydrogen) atoms. The molecule has 0 saturated carbocycles. The number of hydrogen-bond acceptors (Lipinski definition) is 0. The molecule has 0 fully saturated rings. The van der Waals surface area contributed by atoms with Gasteiger partial charge in [-0.05, 0) is 33.1 Å². The predicted octanol–water partition coefficient (Wildman–Crippen LogP) is -0.218. The van der Waals surface area contributed by atoms with E-state index in [0.29, 0.717) is 0 Å². The quantitative estimate of drug-likeness (QED) is 0.556. The van der Waals surface area contributed by atoms with Crippen molar-refractivity contribution in [3.05, 3.63) is 12.2 Å². The van der Waals surface area contributed by atoms with E-state index in [1.807, 2.05) is 0 Å². The summed E-state index contributed by atoms with van der Waals surface area (Å²) < 4.78 is 0. The first-order valence-electron chi connectivity index (χ1n) is 7.06. The molecule has 0 amide bonds. The molecule has 1 aliphatic carbocycles.